The lowest BCUT2D eigenvalue weighted by Gasteiger charge is -2.74. The summed E-state index contributed by atoms with van der Waals surface area (Å²) in [5.74, 6) is -0.611. The van der Waals surface area contributed by atoms with Gasteiger partial charge in [0.1, 0.15) is 11.9 Å². The van der Waals surface area contributed by atoms with Crippen molar-refractivity contribution in [2.24, 2.45) is 56.7 Å². The third-order valence-corrected chi connectivity index (χ3v) is 15.5. The fraction of sp³-hybridized carbons (Fsp3) is 0.744. The van der Waals surface area contributed by atoms with Crippen molar-refractivity contribution < 1.29 is 34.8 Å². The topological polar surface area (TPSA) is 124 Å². The number of rotatable bonds is 4. The third kappa shape index (κ3) is 4.57. The Hall–Kier alpha value is -2.38. The molecule has 0 radical (unpaired) electrons. The predicted molar refractivity (Wildman–Crippen MR) is 176 cm³/mol. The lowest BCUT2D eigenvalue weighted by atomic mass is 9.30. The van der Waals surface area contributed by atoms with E-state index in [1.165, 1.54) is 6.08 Å². The van der Waals surface area contributed by atoms with Crippen LogP contribution in [-0.4, -0.2) is 50.2 Å². The Labute approximate surface area is 274 Å². The molecule has 0 amide bonds. The molecule has 0 heterocycles. The van der Waals surface area contributed by atoms with Crippen molar-refractivity contribution >= 4 is 18.0 Å². The number of aliphatic carboxylic acids is 1. The summed E-state index contributed by atoms with van der Waals surface area (Å²) in [6, 6.07) is 6.58. The average molecular weight is 637 g/mol. The van der Waals surface area contributed by atoms with E-state index in [0.29, 0.717) is 25.2 Å². The van der Waals surface area contributed by atoms with Crippen molar-refractivity contribution in [1.29, 1.82) is 0 Å². The SMILES string of the molecule is CC1CCC2(C(=O)O)CCC3(C)C(CCC4C5(C)CC(O)C(OC(=O)C=Cc6ccc(O)cc6)C(C)(C)C5CCC43C)C2C1(C)O. The summed E-state index contributed by atoms with van der Waals surface area (Å²) in [6.07, 6.45) is 8.78. The Morgan fingerprint density at radius 2 is 1.54 bits per heavy atom. The van der Waals surface area contributed by atoms with Crippen molar-refractivity contribution in [1.82, 2.24) is 0 Å². The Morgan fingerprint density at radius 3 is 2.20 bits per heavy atom. The molecule has 4 N–H and O–H groups in total. The molecular formula is C39H56O7. The molecular weight excluding hydrogens is 580 g/mol. The molecule has 254 valence electrons. The van der Waals surface area contributed by atoms with Gasteiger partial charge in [0.25, 0.3) is 0 Å². The molecule has 7 nitrogen and oxygen atoms in total. The van der Waals surface area contributed by atoms with Crippen LogP contribution in [0.1, 0.15) is 112 Å². The molecule has 6 rings (SSSR count). The molecule has 0 aliphatic heterocycles. The zero-order valence-corrected chi connectivity index (χ0v) is 28.9. The molecule has 5 aliphatic rings. The Bertz CT molecular complexity index is 1400. The van der Waals surface area contributed by atoms with E-state index >= 15 is 0 Å². The van der Waals surface area contributed by atoms with Crippen LogP contribution in [0.25, 0.3) is 6.08 Å². The van der Waals surface area contributed by atoms with Crippen LogP contribution in [0.4, 0.5) is 0 Å². The first kappa shape index (κ1) is 33.5. The van der Waals surface area contributed by atoms with Gasteiger partial charge in [-0.25, -0.2) is 4.79 Å². The van der Waals surface area contributed by atoms with Crippen molar-refractivity contribution in [3.8, 4) is 5.75 Å². The molecule has 0 saturated heterocycles. The van der Waals surface area contributed by atoms with Crippen LogP contribution in [0.2, 0.25) is 0 Å². The molecule has 12 unspecified atom stereocenters. The number of benzene rings is 1. The number of ether oxygens (including phenoxy) is 1. The summed E-state index contributed by atoms with van der Waals surface area (Å²) < 4.78 is 6.04. The minimum Gasteiger partial charge on any atom is -0.508 e. The first-order valence-electron chi connectivity index (χ1n) is 17.7. The highest BCUT2D eigenvalue weighted by molar-refractivity contribution is 5.87. The van der Waals surface area contributed by atoms with E-state index in [9.17, 15) is 30.0 Å². The molecule has 12 atom stereocenters. The van der Waals surface area contributed by atoms with Crippen LogP contribution >= 0.6 is 0 Å². The lowest BCUT2D eigenvalue weighted by molar-refractivity contribution is -0.285. The molecule has 1 aromatic rings. The van der Waals surface area contributed by atoms with Gasteiger partial charge in [0.15, 0.2) is 0 Å². The summed E-state index contributed by atoms with van der Waals surface area (Å²) >= 11 is 0. The number of phenols is 1. The zero-order valence-electron chi connectivity index (χ0n) is 28.9. The third-order valence-electron chi connectivity index (χ3n) is 15.5. The maximum atomic E-state index is 13.0. The van der Waals surface area contributed by atoms with Crippen molar-refractivity contribution in [2.75, 3.05) is 0 Å². The van der Waals surface area contributed by atoms with Gasteiger partial charge in [0, 0.05) is 17.4 Å². The van der Waals surface area contributed by atoms with Crippen LogP contribution in [0.5, 0.6) is 5.75 Å². The number of carboxylic acids is 1. The van der Waals surface area contributed by atoms with Crippen LogP contribution < -0.4 is 0 Å². The highest BCUT2D eigenvalue weighted by Gasteiger charge is 2.74. The van der Waals surface area contributed by atoms with E-state index in [0.717, 1.165) is 44.1 Å². The quantitative estimate of drug-likeness (QED) is 0.203. The average Bonchev–Trinajstić information content (AvgIpc) is 2.97. The second-order valence-electron chi connectivity index (χ2n) is 17.6. The van der Waals surface area contributed by atoms with Crippen molar-refractivity contribution in [2.45, 2.75) is 124 Å². The number of carbonyl (C=O) groups excluding carboxylic acids is 1. The first-order valence-corrected chi connectivity index (χ1v) is 17.7. The number of hydrogen-bond donors (Lipinski definition) is 4. The number of esters is 1. The van der Waals surface area contributed by atoms with Gasteiger partial charge in [-0.2, -0.15) is 0 Å². The number of carbonyl (C=O) groups is 2. The lowest BCUT2D eigenvalue weighted by Crippen LogP contribution is -2.71. The fourth-order valence-corrected chi connectivity index (χ4v) is 12.9. The second-order valence-corrected chi connectivity index (χ2v) is 17.6. The molecule has 46 heavy (non-hydrogen) atoms. The van der Waals surface area contributed by atoms with Crippen molar-refractivity contribution in [3.63, 3.8) is 0 Å². The van der Waals surface area contributed by atoms with E-state index in [-0.39, 0.29) is 45.7 Å². The molecule has 1 aromatic carbocycles. The number of phenolic OH excluding ortho intramolecular Hbond substituents is 1. The highest BCUT2D eigenvalue weighted by Crippen LogP contribution is 2.77. The van der Waals surface area contributed by atoms with Gasteiger partial charge in [-0.15, -0.1) is 0 Å². The van der Waals surface area contributed by atoms with Crippen LogP contribution in [-0.2, 0) is 14.3 Å². The molecule has 0 spiro atoms. The number of fused-ring (bicyclic) bond motifs is 7. The standard InChI is InChI=1S/C39H56O7/c1-23-16-19-39(33(43)44)21-20-36(5)26(31(39)38(23,7)45)13-14-29-35(4)22-27(41)32(34(2,3)28(35)17-18-37(29,36)6)46-30(42)15-10-24-8-11-25(40)12-9-24/h8-12,15,23,26-29,31-32,40-41,45H,13-14,16-22H2,1-7H3,(H,43,44). The summed E-state index contributed by atoms with van der Waals surface area (Å²) in [7, 11) is 0. The summed E-state index contributed by atoms with van der Waals surface area (Å²) in [4.78, 5) is 26.1. The number of aliphatic hydroxyl groups is 2. The van der Waals surface area contributed by atoms with E-state index < -0.39 is 40.6 Å². The second kappa shape index (κ2) is 10.8. The molecule has 5 saturated carbocycles. The minimum atomic E-state index is -1.04. The molecule has 0 bridgehead atoms. The van der Waals surface area contributed by atoms with Gasteiger partial charge in [0.2, 0.25) is 0 Å². The van der Waals surface area contributed by atoms with Gasteiger partial charge >= 0.3 is 11.9 Å². The molecule has 5 aliphatic carbocycles. The van der Waals surface area contributed by atoms with Crippen molar-refractivity contribution in [3.05, 3.63) is 35.9 Å². The highest BCUT2D eigenvalue weighted by atomic mass is 16.6. The first-order chi connectivity index (χ1) is 21.3. The Kier molecular flexibility index (Phi) is 7.88. The van der Waals surface area contributed by atoms with Crippen LogP contribution in [0.3, 0.4) is 0 Å². The van der Waals surface area contributed by atoms with Gasteiger partial charge < -0.3 is 25.2 Å². The van der Waals surface area contributed by atoms with E-state index in [2.05, 4.69) is 41.5 Å². The molecule has 0 aromatic heterocycles. The summed E-state index contributed by atoms with van der Waals surface area (Å²) in [5.41, 5.74) is -1.99. The zero-order chi connectivity index (χ0) is 33.7. The number of aromatic hydroxyl groups is 1. The van der Waals surface area contributed by atoms with Gasteiger partial charge in [-0.1, -0.05) is 53.7 Å². The molecule has 5 fully saturated rings. The number of carboxylic acid groups (broad SMARTS) is 1. The fourth-order valence-electron chi connectivity index (χ4n) is 12.9. The number of hydrogen-bond acceptors (Lipinski definition) is 6. The number of aliphatic hydroxyl groups excluding tert-OH is 1. The maximum absolute atomic E-state index is 13.0. The predicted octanol–water partition coefficient (Wildman–Crippen LogP) is 7.23. The van der Waals surface area contributed by atoms with Gasteiger partial charge in [-0.05, 0) is 128 Å². The van der Waals surface area contributed by atoms with E-state index in [1.54, 1.807) is 30.3 Å². The van der Waals surface area contributed by atoms with Crippen LogP contribution in [0.15, 0.2) is 30.3 Å². The van der Waals surface area contributed by atoms with E-state index in [1.807, 2.05) is 6.92 Å². The summed E-state index contributed by atoms with van der Waals surface area (Å²) in [6.45, 7) is 15.5. The normalized spacial score (nSPS) is 48.0. The Balaban J connectivity index is 1.28. The Morgan fingerprint density at radius 1 is 0.870 bits per heavy atom. The molecule has 7 heteroatoms. The minimum absolute atomic E-state index is 0.0518. The largest absolute Gasteiger partial charge is 0.508 e. The van der Waals surface area contributed by atoms with Gasteiger partial charge in [0.05, 0.1) is 17.1 Å². The van der Waals surface area contributed by atoms with Crippen LogP contribution in [0, 0.1) is 56.7 Å². The smallest absolute Gasteiger partial charge is 0.331 e. The van der Waals surface area contributed by atoms with E-state index in [4.69, 9.17) is 4.74 Å². The summed E-state index contributed by atoms with van der Waals surface area (Å²) in [5, 5.41) is 44.1. The maximum Gasteiger partial charge on any atom is 0.331 e. The monoisotopic (exact) mass is 636 g/mol. The van der Waals surface area contributed by atoms with Gasteiger partial charge in [-0.3, -0.25) is 4.79 Å².